The van der Waals surface area contributed by atoms with Crippen LogP contribution in [0.25, 0.3) is 0 Å². The van der Waals surface area contributed by atoms with Crippen LogP contribution >= 0.6 is 23.2 Å². The average molecular weight is 157 g/mol. The van der Waals surface area contributed by atoms with E-state index in [-0.39, 0.29) is 7.43 Å². The van der Waals surface area contributed by atoms with E-state index in [1.165, 1.54) is 6.42 Å². The minimum Gasteiger partial charge on any atom is -0.127 e. The molecule has 52 valence electrons. The minimum atomic E-state index is 0. The molecule has 0 heterocycles. The fourth-order valence-corrected chi connectivity index (χ4v) is 0.744. The molecule has 0 rings (SSSR count). The molecule has 0 saturated carbocycles. The second-order valence-corrected chi connectivity index (χ2v) is 2.19. The van der Waals surface area contributed by atoms with Crippen LogP contribution in [-0.2, 0) is 0 Å². The van der Waals surface area contributed by atoms with Gasteiger partial charge in [-0.2, -0.15) is 0 Å². The number of hydrogen-bond acceptors (Lipinski definition) is 0. The van der Waals surface area contributed by atoms with Gasteiger partial charge in [0.25, 0.3) is 0 Å². The topological polar surface area (TPSA) is 0 Å². The number of alkyl halides is 2. The van der Waals surface area contributed by atoms with Crippen LogP contribution in [0, 0.1) is 0 Å². The van der Waals surface area contributed by atoms with Gasteiger partial charge in [-0.1, -0.05) is 13.8 Å². The molecule has 0 amide bonds. The summed E-state index contributed by atoms with van der Waals surface area (Å²) in [6.07, 6.45) is 3.38. The molecule has 0 atom stereocenters. The summed E-state index contributed by atoms with van der Waals surface area (Å²) in [6.45, 7) is 0. The maximum absolute atomic E-state index is 5.39. The lowest BCUT2D eigenvalue weighted by molar-refractivity contribution is 0.780. The summed E-state index contributed by atoms with van der Waals surface area (Å²) in [7, 11) is 0. The summed E-state index contributed by atoms with van der Waals surface area (Å²) in [6, 6.07) is 0. The van der Waals surface area contributed by atoms with Crippen molar-refractivity contribution in [2.24, 2.45) is 0 Å². The van der Waals surface area contributed by atoms with Gasteiger partial charge in [0.1, 0.15) is 0 Å². The van der Waals surface area contributed by atoms with Crippen molar-refractivity contribution in [2.75, 3.05) is 11.8 Å². The van der Waals surface area contributed by atoms with Gasteiger partial charge in [-0.25, -0.2) is 0 Å². The molecule has 0 unspecified atom stereocenters. The quantitative estimate of drug-likeness (QED) is 0.434. The van der Waals surface area contributed by atoms with Crippen LogP contribution < -0.4 is 0 Å². The lowest BCUT2D eigenvalue weighted by Crippen LogP contribution is -1.77. The molecule has 0 N–H and O–H groups in total. The van der Waals surface area contributed by atoms with E-state index in [0.717, 1.165) is 24.6 Å². The molecule has 0 aliphatic heterocycles. The highest BCUT2D eigenvalue weighted by atomic mass is 35.5. The summed E-state index contributed by atoms with van der Waals surface area (Å²) in [5, 5.41) is 0. The van der Waals surface area contributed by atoms with Crippen LogP contribution in [0.15, 0.2) is 0 Å². The summed E-state index contributed by atoms with van der Waals surface area (Å²) < 4.78 is 0. The summed E-state index contributed by atoms with van der Waals surface area (Å²) in [4.78, 5) is 0. The Kier molecular flexibility index (Phi) is 15.0. The molecule has 0 bridgehead atoms. The fourth-order valence-electron chi connectivity index (χ4n) is 0.366. The summed E-state index contributed by atoms with van der Waals surface area (Å²) >= 11 is 10.8. The molecule has 0 radical (unpaired) electrons. The third-order valence-corrected chi connectivity index (χ3v) is 1.30. The van der Waals surface area contributed by atoms with Gasteiger partial charge in [0.05, 0.1) is 0 Å². The van der Waals surface area contributed by atoms with Crippen molar-refractivity contribution in [1.82, 2.24) is 0 Å². The standard InChI is InChI=1S/C5H10Cl2.CH4/c6-4-2-1-3-5-7;/h1-5H2;1H4. The maximum Gasteiger partial charge on any atom is 0.0223 e. The van der Waals surface area contributed by atoms with Crippen LogP contribution in [0.4, 0.5) is 0 Å². The smallest absolute Gasteiger partial charge is 0.0223 e. The van der Waals surface area contributed by atoms with Crippen molar-refractivity contribution in [3.8, 4) is 0 Å². The summed E-state index contributed by atoms with van der Waals surface area (Å²) in [5.74, 6) is 1.55. The first-order valence-corrected chi connectivity index (χ1v) is 3.60. The Hall–Kier alpha value is 0.580. The molecular formula is C6H14Cl2. The molecule has 0 fully saturated rings. The second-order valence-electron chi connectivity index (χ2n) is 1.44. The van der Waals surface area contributed by atoms with Crippen LogP contribution in [-0.4, -0.2) is 11.8 Å². The Morgan fingerprint density at radius 2 is 1.12 bits per heavy atom. The Bertz CT molecular complexity index is 25.7. The molecule has 0 saturated heterocycles. The molecule has 0 aromatic heterocycles. The molecule has 0 spiro atoms. The van der Waals surface area contributed by atoms with Gasteiger partial charge >= 0.3 is 0 Å². The van der Waals surface area contributed by atoms with Gasteiger partial charge in [0, 0.05) is 11.8 Å². The van der Waals surface area contributed by atoms with E-state index in [1.54, 1.807) is 0 Å². The van der Waals surface area contributed by atoms with Crippen molar-refractivity contribution in [1.29, 1.82) is 0 Å². The molecular weight excluding hydrogens is 143 g/mol. The summed E-state index contributed by atoms with van der Waals surface area (Å²) in [5.41, 5.74) is 0. The third kappa shape index (κ3) is 9.77. The molecule has 0 aliphatic carbocycles. The van der Waals surface area contributed by atoms with E-state index in [2.05, 4.69) is 0 Å². The highest BCUT2D eigenvalue weighted by Gasteiger charge is 1.82. The van der Waals surface area contributed by atoms with Gasteiger partial charge in [0.15, 0.2) is 0 Å². The lowest BCUT2D eigenvalue weighted by atomic mass is 10.3. The van der Waals surface area contributed by atoms with Crippen molar-refractivity contribution in [2.45, 2.75) is 26.7 Å². The number of halogens is 2. The highest BCUT2D eigenvalue weighted by molar-refractivity contribution is 6.18. The van der Waals surface area contributed by atoms with Gasteiger partial charge in [-0.15, -0.1) is 23.2 Å². The first-order valence-electron chi connectivity index (χ1n) is 2.53. The Labute approximate surface area is 62.2 Å². The van der Waals surface area contributed by atoms with Gasteiger partial charge < -0.3 is 0 Å². The maximum atomic E-state index is 5.39. The lowest BCUT2D eigenvalue weighted by Gasteiger charge is -1.88. The minimum absolute atomic E-state index is 0. The molecule has 0 aromatic rings. The molecule has 0 nitrogen and oxygen atoms in total. The average Bonchev–Trinajstić information content (AvgIpc) is 1.69. The van der Waals surface area contributed by atoms with Gasteiger partial charge in [-0.3, -0.25) is 0 Å². The number of hydrogen-bond donors (Lipinski definition) is 0. The zero-order valence-electron chi connectivity index (χ0n) is 4.29. The predicted molar refractivity (Wildman–Crippen MR) is 42.0 cm³/mol. The first-order chi connectivity index (χ1) is 3.41. The van der Waals surface area contributed by atoms with Gasteiger partial charge in [0.2, 0.25) is 0 Å². The van der Waals surface area contributed by atoms with Crippen LogP contribution in [0.1, 0.15) is 26.7 Å². The van der Waals surface area contributed by atoms with Crippen molar-refractivity contribution >= 4 is 23.2 Å². The predicted octanol–water partition coefficient (Wildman–Crippen LogP) is 3.27. The first kappa shape index (κ1) is 11.4. The normalized spacial score (nSPS) is 8.25. The van der Waals surface area contributed by atoms with Gasteiger partial charge in [-0.05, 0) is 12.8 Å². The molecule has 0 aromatic carbocycles. The van der Waals surface area contributed by atoms with E-state index in [1.807, 2.05) is 0 Å². The van der Waals surface area contributed by atoms with Crippen molar-refractivity contribution in [3.05, 3.63) is 0 Å². The Morgan fingerprint density at radius 3 is 1.38 bits per heavy atom. The third-order valence-electron chi connectivity index (χ3n) is 0.767. The zero-order chi connectivity index (χ0) is 5.54. The van der Waals surface area contributed by atoms with E-state index >= 15 is 0 Å². The van der Waals surface area contributed by atoms with Crippen molar-refractivity contribution < 1.29 is 0 Å². The number of unbranched alkanes of at least 4 members (excludes halogenated alkanes) is 2. The van der Waals surface area contributed by atoms with Crippen LogP contribution in [0.2, 0.25) is 0 Å². The van der Waals surface area contributed by atoms with E-state index in [9.17, 15) is 0 Å². The Balaban J connectivity index is 0. The molecule has 2 heteroatoms. The fraction of sp³-hybridized carbons (Fsp3) is 1.00. The zero-order valence-corrected chi connectivity index (χ0v) is 5.80. The van der Waals surface area contributed by atoms with E-state index in [4.69, 9.17) is 23.2 Å². The van der Waals surface area contributed by atoms with Crippen molar-refractivity contribution in [3.63, 3.8) is 0 Å². The highest BCUT2D eigenvalue weighted by Crippen LogP contribution is 1.97. The monoisotopic (exact) mass is 156 g/mol. The van der Waals surface area contributed by atoms with Crippen LogP contribution in [0.5, 0.6) is 0 Å². The molecule has 8 heavy (non-hydrogen) atoms. The SMILES string of the molecule is C.ClCCCCCCl. The second kappa shape index (κ2) is 10.5. The van der Waals surface area contributed by atoms with Crippen LogP contribution in [0.3, 0.4) is 0 Å². The van der Waals surface area contributed by atoms with E-state index < -0.39 is 0 Å². The Morgan fingerprint density at radius 1 is 0.750 bits per heavy atom. The van der Waals surface area contributed by atoms with E-state index in [0.29, 0.717) is 0 Å². The number of rotatable bonds is 4. The molecule has 0 aliphatic rings. The largest absolute Gasteiger partial charge is 0.127 e.